The first kappa shape index (κ1) is 17.7. The third-order valence-corrected chi connectivity index (χ3v) is 7.65. The highest BCUT2D eigenvalue weighted by atomic mass is 32.2. The van der Waals surface area contributed by atoms with E-state index >= 15 is 0 Å². The van der Waals surface area contributed by atoms with Crippen molar-refractivity contribution in [1.29, 1.82) is 0 Å². The Morgan fingerprint density at radius 3 is 2.52 bits per heavy atom. The van der Waals surface area contributed by atoms with E-state index < -0.39 is 10.0 Å². The van der Waals surface area contributed by atoms with Crippen molar-refractivity contribution in [2.75, 3.05) is 10.8 Å². The van der Waals surface area contributed by atoms with Crippen LogP contribution in [0.3, 0.4) is 0 Å². The van der Waals surface area contributed by atoms with E-state index in [1.165, 1.54) is 15.6 Å². The molecule has 0 saturated carbocycles. The molecule has 2 heterocycles. The minimum absolute atomic E-state index is 0.325. The third-order valence-electron chi connectivity index (χ3n) is 4.19. The van der Waals surface area contributed by atoms with Crippen molar-refractivity contribution in [3.63, 3.8) is 0 Å². The number of hydrogen-bond acceptors (Lipinski definition) is 4. The average Bonchev–Trinajstić information content (AvgIpc) is 3.16. The Morgan fingerprint density at radius 2 is 1.92 bits per heavy atom. The second-order valence-corrected chi connectivity index (χ2v) is 9.12. The van der Waals surface area contributed by atoms with Gasteiger partial charge in [-0.3, -0.25) is 9.40 Å². The maximum atomic E-state index is 13.1. The Bertz CT molecular complexity index is 1000. The molecule has 5 nitrogen and oxygen atoms in total. The summed E-state index contributed by atoms with van der Waals surface area (Å²) in [6.45, 7) is 8.10. The van der Waals surface area contributed by atoms with Crippen LogP contribution in [-0.2, 0) is 10.0 Å². The van der Waals surface area contributed by atoms with E-state index in [1.54, 1.807) is 6.07 Å². The molecule has 0 aliphatic rings. The number of nitrogens with zero attached hydrogens (tertiary/aromatic N) is 2. The van der Waals surface area contributed by atoms with Crippen LogP contribution in [0.2, 0.25) is 0 Å². The molecule has 0 unspecified atom stereocenters. The number of aromatic amines is 1. The van der Waals surface area contributed by atoms with Crippen molar-refractivity contribution < 1.29 is 8.42 Å². The Kier molecular flexibility index (Phi) is 4.71. The van der Waals surface area contributed by atoms with Crippen LogP contribution in [0.4, 0.5) is 5.69 Å². The highest BCUT2D eigenvalue weighted by molar-refractivity contribution is 7.94. The molecule has 1 aromatic carbocycles. The Morgan fingerprint density at radius 1 is 1.16 bits per heavy atom. The fraction of sp³-hybridized carbons (Fsp3) is 0.278. The predicted octanol–water partition coefficient (Wildman–Crippen LogP) is 4.28. The molecule has 132 valence electrons. The predicted molar refractivity (Wildman–Crippen MR) is 103 cm³/mol. The van der Waals surface area contributed by atoms with Crippen molar-refractivity contribution in [2.45, 2.75) is 31.9 Å². The second kappa shape index (κ2) is 6.65. The summed E-state index contributed by atoms with van der Waals surface area (Å²) in [6, 6.07) is 11.0. The first-order valence-electron chi connectivity index (χ1n) is 8.05. The number of hydrogen-bond donors (Lipinski definition) is 1. The number of anilines is 1. The molecule has 0 spiro atoms. The lowest BCUT2D eigenvalue weighted by Gasteiger charge is -2.22. The van der Waals surface area contributed by atoms with Gasteiger partial charge in [-0.05, 0) is 63.1 Å². The van der Waals surface area contributed by atoms with Gasteiger partial charge < -0.3 is 0 Å². The summed E-state index contributed by atoms with van der Waals surface area (Å²) in [5.41, 5.74) is 4.55. The van der Waals surface area contributed by atoms with Gasteiger partial charge in [0.1, 0.15) is 9.90 Å². The lowest BCUT2D eigenvalue weighted by Crippen LogP contribution is -2.30. The standard InChI is InChI=1S/C18H21N3O2S2/c1-5-21(15-8-6-7-12(2)11-15)25(22,23)17-10-9-16(24-17)18-13(3)14(4)19-20-18/h6-11H,5H2,1-4H3,(H,19,20). The summed E-state index contributed by atoms with van der Waals surface area (Å²) in [5.74, 6) is 0. The van der Waals surface area contributed by atoms with Crippen LogP contribution >= 0.6 is 11.3 Å². The summed E-state index contributed by atoms with van der Waals surface area (Å²) >= 11 is 1.25. The minimum Gasteiger partial charge on any atom is -0.282 e. The van der Waals surface area contributed by atoms with Crippen molar-refractivity contribution in [3.8, 4) is 10.6 Å². The van der Waals surface area contributed by atoms with E-state index in [0.29, 0.717) is 16.4 Å². The summed E-state index contributed by atoms with van der Waals surface area (Å²) in [4.78, 5) is 0.848. The topological polar surface area (TPSA) is 66.1 Å². The second-order valence-electron chi connectivity index (χ2n) is 5.95. The first-order chi connectivity index (χ1) is 11.8. The van der Waals surface area contributed by atoms with Crippen LogP contribution < -0.4 is 4.31 Å². The SMILES string of the molecule is CCN(c1cccc(C)c1)S(=O)(=O)c1ccc(-c2n[nH]c(C)c2C)s1. The Hall–Kier alpha value is -2.12. The molecule has 2 aromatic heterocycles. The highest BCUT2D eigenvalue weighted by Gasteiger charge is 2.26. The van der Waals surface area contributed by atoms with Gasteiger partial charge in [-0.15, -0.1) is 11.3 Å². The lowest BCUT2D eigenvalue weighted by atomic mass is 10.2. The van der Waals surface area contributed by atoms with Gasteiger partial charge in [0.2, 0.25) is 0 Å². The van der Waals surface area contributed by atoms with Gasteiger partial charge in [-0.2, -0.15) is 5.10 Å². The average molecular weight is 376 g/mol. The van der Waals surface area contributed by atoms with Gasteiger partial charge in [0.25, 0.3) is 10.0 Å². The summed E-state index contributed by atoms with van der Waals surface area (Å²) < 4.78 is 28.0. The number of aryl methyl sites for hydroxylation is 2. The van der Waals surface area contributed by atoms with Crippen molar-refractivity contribution in [3.05, 3.63) is 53.2 Å². The van der Waals surface area contributed by atoms with Gasteiger partial charge in [0, 0.05) is 12.2 Å². The van der Waals surface area contributed by atoms with E-state index in [4.69, 9.17) is 0 Å². The van der Waals surface area contributed by atoms with Crippen molar-refractivity contribution in [1.82, 2.24) is 10.2 Å². The molecule has 0 atom stereocenters. The lowest BCUT2D eigenvalue weighted by molar-refractivity contribution is 0.594. The minimum atomic E-state index is -3.60. The fourth-order valence-electron chi connectivity index (χ4n) is 2.69. The van der Waals surface area contributed by atoms with Gasteiger partial charge in [-0.25, -0.2) is 8.42 Å². The summed E-state index contributed by atoms with van der Waals surface area (Å²) in [6.07, 6.45) is 0. The number of aromatic nitrogens is 2. The Labute approximate surface area is 152 Å². The molecule has 0 bridgehead atoms. The number of benzene rings is 1. The van der Waals surface area contributed by atoms with Gasteiger partial charge in [0.05, 0.1) is 10.6 Å². The Balaban J connectivity index is 2.01. The molecular formula is C18H21N3O2S2. The van der Waals surface area contributed by atoms with Crippen LogP contribution in [0.5, 0.6) is 0 Å². The van der Waals surface area contributed by atoms with E-state index in [2.05, 4.69) is 10.2 Å². The maximum absolute atomic E-state index is 13.1. The molecule has 7 heteroatoms. The van der Waals surface area contributed by atoms with Gasteiger partial charge in [-0.1, -0.05) is 12.1 Å². The third kappa shape index (κ3) is 3.21. The molecule has 0 amide bonds. The summed E-state index contributed by atoms with van der Waals surface area (Å²) in [5, 5.41) is 7.24. The van der Waals surface area contributed by atoms with Crippen LogP contribution in [0.1, 0.15) is 23.7 Å². The first-order valence-corrected chi connectivity index (χ1v) is 10.3. The quantitative estimate of drug-likeness (QED) is 0.724. The summed E-state index contributed by atoms with van der Waals surface area (Å²) in [7, 11) is -3.60. The molecule has 25 heavy (non-hydrogen) atoms. The molecule has 0 aliphatic carbocycles. The number of thiophene rings is 1. The molecule has 0 fully saturated rings. The smallest absolute Gasteiger partial charge is 0.273 e. The van der Waals surface area contributed by atoms with Crippen molar-refractivity contribution in [2.24, 2.45) is 0 Å². The highest BCUT2D eigenvalue weighted by Crippen LogP contribution is 2.34. The van der Waals surface area contributed by atoms with Crippen LogP contribution in [0.25, 0.3) is 10.6 Å². The molecule has 1 N–H and O–H groups in total. The van der Waals surface area contributed by atoms with E-state index in [0.717, 1.165) is 27.4 Å². The van der Waals surface area contributed by atoms with Gasteiger partial charge in [0.15, 0.2) is 0 Å². The number of H-pyrrole nitrogens is 1. The monoisotopic (exact) mass is 375 g/mol. The van der Waals surface area contributed by atoms with E-state index in [1.807, 2.05) is 58.0 Å². The zero-order valence-electron chi connectivity index (χ0n) is 14.7. The normalized spacial score (nSPS) is 11.7. The molecule has 0 aliphatic heterocycles. The zero-order chi connectivity index (χ0) is 18.2. The largest absolute Gasteiger partial charge is 0.282 e. The van der Waals surface area contributed by atoms with Crippen LogP contribution in [-0.4, -0.2) is 25.2 Å². The van der Waals surface area contributed by atoms with Crippen molar-refractivity contribution >= 4 is 27.0 Å². The fourth-order valence-corrected chi connectivity index (χ4v) is 5.63. The van der Waals surface area contributed by atoms with E-state index in [-0.39, 0.29) is 0 Å². The van der Waals surface area contributed by atoms with Gasteiger partial charge >= 0.3 is 0 Å². The molecule has 0 saturated heterocycles. The van der Waals surface area contributed by atoms with E-state index in [9.17, 15) is 8.42 Å². The zero-order valence-corrected chi connectivity index (χ0v) is 16.3. The molecule has 3 rings (SSSR count). The number of nitrogens with one attached hydrogen (secondary N) is 1. The van der Waals surface area contributed by atoms with Crippen LogP contribution in [0, 0.1) is 20.8 Å². The molecular weight excluding hydrogens is 354 g/mol. The van der Waals surface area contributed by atoms with Crippen LogP contribution in [0.15, 0.2) is 40.6 Å². The maximum Gasteiger partial charge on any atom is 0.273 e. The number of rotatable bonds is 5. The molecule has 3 aromatic rings. The molecule has 0 radical (unpaired) electrons. The number of sulfonamides is 1.